The van der Waals surface area contributed by atoms with Gasteiger partial charge >= 0.3 is 0 Å². The van der Waals surface area contributed by atoms with Crippen LogP contribution in [-0.4, -0.2) is 44.2 Å². The van der Waals surface area contributed by atoms with E-state index in [9.17, 15) is 4.79 Å². The molecule has 0 aliphatic carbocycles. The lowest BCUT2D eigenvalue weighted by Crippen LogP contribution is -2.35. The molecule has 0 saturated carbocycles. The van der Waals surface area contributed by atoms with Crippen molar-refractivity contribution in [3.63, 3.8) is 0 Å². The molecule has 1 aliphatic heterocycles. The molecule has 0 saturated heterocycles. The van der Waals surface area contributed by atoms with Crippen LogP contribution in [0.3, 0.4) is 0 Å². The van der Waals surface area contributed by atoms with Crippen LogP contribution < -0.4 is 15.4 Å². The molecule has 1 aromatic carbocycles. The number of hydrogen-bond acceptors (Lipinski definition) is 5. The van der Waals surface area contributed by atoms with E-state index in [4.69, 9.17) is 9.47 Å². The maximum absolute atomic E-state index is 12.5. The minimum absolute atomic E-state index is 0.101. The van der Waals surface area contributed by atoms with Crippen molar-refractivity contribution >= 4 is 11.5 Å². The Bertz CT molecular complexity index is 519. The smallest absolute Gasteiger partial charge is 0.179 e. The minimum Gasteiger partial charge on any atom is -0.486 e. The Morgan fingerprint density at radius 1 is 1.48 bits per heavy atom. The Kier molecular flexibility index (Phi) is 6.86. The third kappa shape index (κ3) is 4.94. The highest BCUT2D eigenvalue weighted by atomic mass is 16.5. The average molecular weight is 320 g/mol. The first kappa shape index (κ1) is 17.8. The van der Waals surface area contributed by atoms with Gasteiger partial charge in [0, 0.05) is 18.8 Å². The maximum Gasteiger partial charge on any atom is 0.179 e. The van der Waals surface area contributed by atoms with Gasteiger partial charge in [0.2, 0.25) is 0 Å². The van der Waals surface area contributed by atoms with E-state index in [1.54, 1.807) is 0 Å². The van der Waals surface area contributed by atoms with Gasteiger partial charge in [0.25, 0.3) is 0 Å². The first-order valence-corrected chi connectivity index (χ1v) is 8.55. The van der Waals surface area contributed by atoms with Gasteiger partial charge in [-0.3, -0.25) is 4.79 Å². The molecular weight excluding hydrogens is 292 g/mol. The lowest BCUT2D eigenvalue weighted by molar-refractivity contribution is 0.0946. The lowest BCUT2D eigenvalue weighted by Gasteiger charge is -2.27. The highest BCUT2D eigenvalue weighted by Crippen LogP contribution is 2.30. The molecule has 1 aromatic rings. The number of rotatable bonds is 9. The first-order chi connectivity index (χ1) is 11.2. The molecule has 1 heterocycles. The monoisotopic (exact) mass is 320 g/mol. The van der Waals surface area contributed by atoms with E-state index in [0.717, 1.165) is 50.6 Å². The zero-order valence-electron chi connectivity index (χ0n) is 14.4. The van der Waals surface area contributed by atoms with E-state index in [2.05, 4.69) is 17.6 Å². The van der Waals surface area contributed by atoms with Gasteiger partial charge in [-0.1, -0.05) is 6.92 Å². The summed E-state index contributed by atoms with van der Waals surface area (Å²) in [7, 11) is 0. The van der Waals surface area contributed by atoms with Gasteiger partial charge in [-0.15, -0.1) is 0 Å². The zero-order valence-corrected chi connectivity index (χ0v) is 14.4. The fourth-order valence-electron chi connectivity index (χ4n) is 2.58. The third-order valence-corrected chi connectivity index (χ3v) is 4.05. The zero-order chi connectivity index (χ0) is 16.7. The standard InChI is InChI=1S/C18H28N2O3/c1-4-15-12-20-16-11-14(7-8-17(16)23-15)18(21)13(3)19-9-6-10-22-5-2/h7-8,11,13,15,19-20H,4-6,9-10,12H2,1-3H3. The molecule has 2 unspecified atom stereocenters. The number of carbonyl (C=O) groups excluding carboxylic acids is 1. The van der Waals surface area contributed by atoms with Gasteiger partial charge in [-0.2, -0.15) is 0 Å². The van der Waals surface area contributed by atoms with Gasteiger partial charge in [-0.05, 0) is 51.4 Å². The number of fused-ring (bicyclic) bond motifs is 1. The number of anilines is 1. The predicted molar refractivity (Wildman–Crippen MR) is 92.5 cm³/mol. The Morgan fingerprint density at radius 3 is 3.04 bits per heavy atom. The number of ketones is 1. The fourth-order valence-corrected chi connectivity index (χ4v) is 2.58. The van der Waals surface area contributed by atoms with Gasteiger partial charge in [0.05, 0.1) is 18.3 Å². The van der Waals surface area contributed by atoms with Crippen LogP contribution in [0, 0.1) is 0 Å². The van der Waals surface area contributed by atoms with Crippen LogP contribution in [0.2, 0.25) is 0 Å². The quantitative estimate of drug-likeness (QED) is 0.541. The molecule has 2 rings (SSSR count). The molecule has 0 aromatic heterocycles. The molecule has 0 radical (unpaired) electrons. The van der Waals surface area contributed by atoms with E-state index < -0.39 is 0 Å². The molecule has 5 heteroatoms. The SMILES string of the molecule is CCOCCCNC(C)C(=O)c1ccc2c(c1)NCC(CC)O2. The van der Waals surface area contributed by atoms with Crippen molar-refractivity contribution in [1.29, 1.82) is 0 Å². The normalized spacial score (nSPS) is 17.8. The van der Waals surface area contributed by atoms with E-state index in [-0.39, 0.29) is 17.9 Å². The maximum atomic E-state index is 12.5. The largest absolute Gasteiger partial charge is 0.486 e. The summed E-state index contributed by atoms with van der Waals surface area (Å²) >= 11 is 0. The summed E-state index contributed by atoms with van der Waals surface area (Å²) in [4.78, 5) is 12.5. The molecule has 0 bridgehead atoms. The second kappa shape index (κ2) is 8.89. The number of carbonyl (C=O) groups is 1. The number of benzene rings is 1. The number of hydrogen-bond donors (Lipinski definition) is 2. The summed E-state index contributed by atoms with van der Waals surface area (Å²) in [6, 6.07) is 5.42. The summed E-state index contributed by atoms with van der Waals surface area (Å²) < 4.78 is 11.2. The predicted octanol–water partition coefficient (Wildman–Crippen LogP) is 2.86. The molecule has 0 spiro atoms. The molecule has 0 fully saturated rings. The summed E-state index contributed by atoms with van der Waals surface area (Å²) in [5.74, 6) is 0.931. The summed E-state index contributed by atoms with van der Waals surface area (Å²) in [6.45, 7) is 9.01. The topological polar surface area (TPSA) is 59.6 Å². The van der Waals surface area contributed by atoms with Crippen LogP contribution in [0.15, 0.2) is 18.2 Å². The Hall–Kier alpha value is -1.59. The Balaban J connectivity index is 1.90. The first-order valence-electron chi connectivity index (χ1n) is 8.55. The molecule has 2 atom stereocenters. The third-order valence-electron chi connectivity index (χ3n) is 4.05. The van der Waals surface area contributed by atoms with Crippen LogP contribution >= 0.6 is 0 Å². The molecule has 128 valence electrons. The van der Waals surface area contributed by atoms with Crippen LogP contribution in [0.4, 0.5) is 5.69 Å². The lowest BCUT2D eigenvalue weighted by atomic mass is 10.0. The molecular formula is C18H28N2O3. The Morgan fingerprint density at radius 2 is 2.30 bits per heavy atom. The summed E-state index contributed by atoms with van der Waals surface area (Å²) in [5, 5.41) is 6.60. The molecule has 1 aliphatic rings. The van der Waals surface area contributed by atoms with E-state index in [1.165, 1.54) is 0 Å². The van der Waals surface area contributed by atoms with Crippen molar-refractivity contribution in [3.8, 4) is 5.75 Å². The van der Waals surface area contributed by atoms with Crippen LogP contribution in [-0.2, 0) is 4.74 Å². The highest BCUT2D eigenvalue weighted by Gasteiger charge is 2.21. The van der Waals surface area contributed by atoms with Gasteiger partial charge < -0.3 is 20.1 Å². The van der Waals surface area contributed by atoms with E-state index >= 15 is 0 Å². The molecule has 5 nitrogen and oxygen atoms in total. The fraction of sp³-hybridized carbons (Fsp3) is 0.611. The number of Topliss-reactive ketones (excluding diaryl/α,β-unsaturated/α-hetero) is 1. The number of nitrogens with one attached hydrogen (secondary N) is 2. The van der Waals surface area contributed by atoms with E-state index in [0.29, 0.717) is 5.56 Å². The van der Waals surface area contributed by atoms with Gasteiger partial charge in [0.15, 0.2) is 5.78 Å². The Labute approximate surface area is 138 Å². The van der Waals surface area contributed by atoms with Crippen molar-refractivity contribution in [3.05, 3.63) is 23.8 Å². The van der Waals surface area contributed by atoms with Crippen molar-refractivity contribution in [2.45, 2.75) is 45.8 Å². The highest BCUT2D eigenvalue weighted by molar-refractivity contribution is 6.01. The average Bonchev–Trinajstić information content (AvgIpc) is 2.59. The molecule has 0 amide bonds. The number of ether oxygens (including phenoxy) is 2. The van der Waals surface area contributed by atoms with E-state index in [1.807, 2.05) is 32.0 Å². The van der Waals surface area contributed by atoms with Crippen LogP contribution in [0.25, 0.3) is 0 Å². The van der Waals surface area contributed by atoms with Crippen molar-refractivity contribution in [2.24, 2.45) is 0 Å². The van der Waals surface area contributed by atoms with Crippen molar-refractivity contribution < 1.29 is 14.3 Å². The van der Waals surface area contributed by atoms with Gasteiger partial charge in [0.1, 0.15) is 11.9 Å². The second-order valence-electron chi connectivity index (χ2n) is 5.83. The van der Waals surface area contributed by atoms with Crippen LogP contribution in [0.5, 0.6) is 5.75 Å². The minimum atomic E-state index is -0.206. The second-order valence-corrected chi connectivity index (χ2v) is 5.83. The molecule has 2 N–H and O–H groups in total. The molecule has 23 heavy (non-hydrogen) atoms. The van der Waals surface area contributed by atoms with Crippen LogP contribution in [0.1, 0.15) is 44.0 Å². The van der Waals surface area contributed by atoms with Crippen molar-refractivity contribution in [1.82, 2.24) is 5.32 Å². The van der Waals surface area contributed by atoms with Crippen molar-refractivity contribution in [2.75, 3.05) is 31.6 Å². The summed E-state index contributed by atoms with van der Waals surface area (Å²) in [6.07, 6.45) is 2.08. The van der Waals surface area contributed by atoms with Gasteiger partial charge in [-0.25, -0.2) is 0 Å². The summed E-state index contributed by atoms with van der Waals surface area (Å²) in [5.41, 5.74) is 1.61.